The second-order valence-electron chi connectivity index (χ2n) is 11.8. The Balaban J connectivity index is 0. The van der Waals surface area contributed by atoms with E-state index in [-0.39, 0.29) is 0 Å². The highest BCUT2D eigenvalue weighted by Gasteiger charge is 2.19. The lowest BCUT2D eigenvalue weighted by Crippen LogP contribution is -2.49. The van der Waals surface area contributed by atoms with E-state index in [0.29, 0.717) is 19.5 Å². The zero-order valence-electron chi connectivity index (χ0n) is 29.5. The normalized spacial score (nSPS) is 10.7. The smallest absolute Gasteiger partial charge is 0.293 e. The molecule has 0 unspecified atom stereocenters. The largest absolute Gasteiger partial charge is 0.462 e. The summed E-state index contributed by atoms with van der Waals surface area (Å²) in [6, 6.07) is 5.91. The van der Waals surface area contributed by atoms with Crippen LogP contribution >= 0.6 is 0 Å². The molecule has 0 fully saturated rings. The molecule has 0 aliphatic carbocycles. The molecule has 0 atom stereocenters. The van der Waals surface area contributed by atoms with E-state index in [0.717, 1.165) is 54.1 Å². The molecule has 0 aromatic heterocycles. The number of aryl methyl sites for hydroxylation is 2. The number of anilines is 1. The summed E-state index contributed by atoms with van der Waals surface area (Å²) in [5, 5.41) is 2.66. The van der Waals surface area contributed by atoms with E-state index in [1.807, 2.05) is 32.0 Å². The Kier molecular flexibility index (Phi) is 33.1. The summed E-state index contributed by atoms with van der Waals surface area (Å²) in [4.78, 5) is 20.1. The maximum atomic E-state index is 10.2. The Bertz CT molecular complexity index is 691. The molecule has 0 bridgehead atoms. The predicted molar refractivity (Wildman–Crippen MR) is 186 cm³/mol. The second-order valence-corrected chi connectivity index (χ2v) is 11.8. The minimum absolute atomic E-state index is 0.523. The summed E-state index contributed by atoms with van der Waals surface area (Å²) in [6.07, 6.45) is 23.6. The molecule has 1 rings (SSSR count). The van der Waals surface area contributed by atoms with Gasteiger partial charge in [-0.05, 0) is 52.2 Å². The van der Waals surface area contributed by atoms with Crippen molar-refractivity contribution < 1.29 is 23.5 Å². The van der Waals surface area contributed by atoms with Crippen LogP contribution in [0.4, 0.5) is 5.69 Å². The van der Waals surface area contributed by atoms with Crippen molar-refractivity contribution in [1.29, 1.82) is 0 Å². The van der Waals surface area contributed by atoms with Crippen LogP contribution < -0.4 is 5.32 Å². The van der Waals surface area contributed by atoms with Crippen LogP contribution in [0, 0.1) is 13.8 Å². The van der Waals surface area contributed by atoms with Crippen molar-refractivity contribution in [3.63, 3.8) is 0 Å². The van der Waals surface area contributed by atoms with Crippen molar-refractivity contribution in [2.75, 3.05) is 51.8 Å². The molecule has 43 heavy (non-hydrogen) atoms. The van der Waals surface area contributed by atoms with Gasteiger partial charge in [0.2, 0.25) is 6.41 Å². The number of rotatable bonds is 26. The minimum atomic E-state index is 0.523. The van der Waals surface area contributed by atoms with Crippen LogP contribution in [0.2, 0.25) is 0 Å². The predicted octanol–water partition coefficient (Wildman–Crippen LogP) is 9.80. The van der Waals surface area contributed by atoms with Gasteiger partial charge >= 0.3 is 0 Å². The van der Waals surface area contributed by atoms with Crippen molar-refractivity contribution in [3.8, 4) is 0 Å². The van der Waals surface area contributed by atoms with Crippen molar-refractivity contribution >= 4 is 18.6 Å². The first-order chi connectivity index (χ1) is 20.9. The molecule has 252 valence electrons. The van der Waals surface area contributed by atoms with Gasteiger partial charge in [-0.25, -0.2) is 0 Å². The van der Waals surface area contributed by atoms with Crippen LogP contribution in [0.25, 0.3) is 0 Å². The monoisotopic (exact) mass is 608 g/mol. The van der Waals surface area contributed by atoms with Gasteiger partial charge in [0.1, 0.15) is 13.2 Å². The van der Waals surface area contributed by atoms with Crippen molar-refractivity contribution in [1.82, 2.24) is 0 Å². The van der Waals surface area contributed by atoms with Gasteiger partial charge in [-0.2, -0.15) is 0 Å². The molecular weight excluding hydrogens is 536 g/mol. The van der Waals surface area contributed by atoms with Crippen LogP contribution in [-0.4, -0.2) is 63.9 Å². The van der Waals surface area contributed by atoms with Crippen LogP contribution in [0.15, 0.2) is 18.2 Å². The average Bonchev–Trinajstić information content (AvgIpc) is 3.02. The lowest BCUT2D eigenvalue weighted by Gasteiger charge is -2.35. The van der Waals surface area contributed by atoms with Crippen LogP contribution in [-0.2, 0) is 19.1 Å². The molecule has 1 aromatic rings. The number of para-hydroxylation sites is 1. The molecule has 0 aliphatic heterocycles. The van der Waals surface area contributed by atoms with Gasteiger partial charge in [0.25, 0.3) is 6.47 Å². The highest BCUT2D eigenvalue weighted by molar-refractivity contribution is 5.75. The van der Waals surface area contributed by atoms with Gasteiger partial charge in [-0.15, -0.1) is 0 Å². The van der Waals surface area contributed by atoms with E-state index in [1.54, 1.807) is 7.11 Å². The number of hydrogen-bond donors (Lipinski definition) is 1. The Morgan fingerprint density at radius 3 is 1.42 bits per heavy atom. The van der Waals surface area contributed by atoms with Crippen molar-refractivity contribution in [2.45, 2.75) is 144 Å². The zero-order valence-corrected chi connectivity index (χ0v) is 29.5. The number of methoxy groups -OCH3 is 1. The number of quaternary nitrogens is 1. The summed E-state index contributed by atoms with van der Waals surface area (Å²) < 4.78 is 10.8. The van der Waals surface area contributed by atoms with Gasteiger partial charge in [-0.3, -0.25) is 9.59 Å². The van der Waals surface area contributed by atoms with Crippen molar-refractivity contribution in [2.24, 2.45) is 0 Å². The summed E-state index contributed by atoms with van der Waals surface area (Å²) in [6.45, 7) is 19.0. The molecule has 0 aliphatic rings. The molecule has 1 amide bonds. The molecule has 0 radical (unpaired) electrons. The van der Waals surface area contributed by atoms with Crippen LogP contribution in [0.5, 0.6) is 0 Å². The van der Waals surface area contributed by atoms with Gasteiger partial charge in [0, 0.05) is 19.4 Å². The number of ether oxygens (including phenoxy) is 2. The molecule has 1 N–H and O–H groups in total. The third-order valence-electron chi connectivity index (χ3n) is 8.65. The number of nitrogens with zero attached hydrogens (tertiary/aromatic N) is 1. The quantitative estimate of drug-likeness (QED) is 0.0647. The van der Waals surface area contributed by atoms with E-state index in [2.05, 4.69) is 33.0 Å². The van der Waals surface area contributed by atoms with E-state index < -0.39 is 0 Å². The van der Waals surface area contributed by atoms with E-state index in [4.69, 9.17) is 9.47 Å². The van der Waals surface area contributed by atoms with Gasteiger partial charge in [-0.1, -0.05) is 121 Å². The molecule has 6 nitrogen and oxygen atoms in total. The summed E-state index contributed by atoms with van der Waals surface area (Å²) >= 11 is 0. The lowest BCUT2D eigenvalue weighted by atomic mass is 10.0. The van der Waals surface area contributed by atoms with Crippen molar-refractivity contribution in [3.05, 3.63) is 29.3 Å². The van der Waals surface area contributed by atoms with E-state index >= 15 is 0 Å². The number of nitrogens with one attached hydrogen (secondary N) is 1. The number of carbonyl (C=O) groups is 2. The van der Waals surface area contributed by atoms with E-state index in [1.165, 1.54) is 103 Å². The Morgan fingerprint density at radius 1 is 0.651 bits per heavy atom. The maximum absolute atomic E-state index is 10.2. The number of hydrogen-bond acceptors (Lipinski definition) is 4. The van der Waals surface area contributed by atoms with E-state index in [9.17, 15) is 9.59 Å². The molecule has 0 spiro atoms. The maximum Gasteiger partial charge on any atom is 0.293 e. The molecule has 0 saturated heterocycles. The fourth-order valence-electron chi connectivity index (χ4n) is 5.34. The molecule has 0 heterocycles. The standard InChI is InChI=1S/C19H40O.C9H20NO2.C9H11NO/c1-3-4-5-6-7-8-9-10-11-12-13-14-15-16-17-18-19-20-2;1-4-10(5-2,6-3)7-8-12-9-11;1-7-4-3-5-8(2)9(7)10-6-11/h3-19H2,1-2H3;9H,4-8H2,1-3H3;3-6H,1-2H3,(H,10,11)/q;+1;. The molecular formula is C37H71N2O4+. The number of unbranched alkanes of at least 4 members (excludes halogenated alkanes) is 15. The third-order valence-corrected chi connectivity index (χ3v) is 8.65. The first kappa shape index (κ1) is 43.2. The second kappa shape index (κ2) is 33.0. The first-order valence-corrected chi connectivity index (χ1v) is 17.6. The summed E-state index contributed by atoms with van der Waals surface area (Å²) in [5.74, 6) is 0. The fraction of sp³-hybridized carbons (Fsp3) is 0.784. The summed E-state index contributed by atoms with van der Waals surface area (Å²) in [7, 11) is 1.80. The first-order valence-electron chi connectivity index (χ1n) is 17.6. The molecule has 6 heteroatoms. The van der Waals surface area contributed by atoms with Gasteiger partial charge in [0.05, 0.1) is 19.6 Å². The Labute approximate surface area is 267 Å². The highest BCUT2D eigenvalue weighted by atomic mass is 16.5. The van der Waals surface area contributed by atoms with Gasteiger partial charge in [0.15, 0.2) is 0 Å². The summed E-state index contributed by atoms with van der Waals surface area (Å²) in [5.41, 5.74) is 3.11. The average molecular weight is 608 g/mol. The topological polar surface area (TPSA) is 64.6 Å². The lowest BCUT2D eigenvalue weighted by molar-refractivity contribution is -0.923. The molecule has 1 aromatic carbocycles. The zero-order chi connectivity index (χ0) is 32.4. The number of carbonyl (C=O) groups excluding carboxylic acids is 2. The highest BCUT2D eigenvalue weighted by Crippen LogP contribution is 2.18. The minimum Gasteiger partial charge on any atom is -0.462 e. The molecule has 0 saturated carbocycles. The Hall–Kier alpha value is -1.92. The number of benzene rings is 1. The number of amides is 1. The SMILES string of the molecule is CCCCCCCCCCCCCCCCCCOC.CC[N+](CC)(CC)CCOC=O.Cc1cccc(C)c1NC=O. The van der Waals surface area contributed by atoms with Gasteiger partial charge < -0.3 is 19.3 Å². The van der Waals surface area contributed by atoms with Crippen LogP contribution in [0.3, 0.4) is 0 Å². The van der Waals surface area contributed by atoms with Crippen LogP contribution in [0.1, 0.15) is 142 Å². The fourth-order valence-corrected chi connectivity index (χ4v) is 5.34. The number of likely N-dealkylation sites (N-methyl/N-ethyl adjacent to an activating group) is 1. The Morgan fingerprint density at radius 2 is 1.07 bits per heavy atom. The third kappa shape index (κ3) is 26.2.